The maximum Gasteiger partial charge on any atom is 0.276 e. The van der Waals surface area contributed by atoms with Gasteiger partial charge in [0.05, 0.1) is 36.1 Å². The van der Waals surface area contributed by atoms with Crippen LogP contribution < -0.4 is 31.6 Å². The van der Waals surface area contributed by atoms with Crippen molar-refractivity contribution < 1.29 is 28.7 Å². The summed E-state index contributed by atoms with van der Waals surface area (Å²) in [4.78, 5) is 59.5. The predicted molar refractivity (Wildman–Crippen MR) is 240 cm³/mol. The first-order chi connectivity index (χ1) is 29.7. The predicted octanol–water partition coefficient (Wildman–Crippen LogP) is 5.05. The van der Waals surface area contributed by atoms with Crippen molar-refractivity contribution in [1.29, 1.82) is 0 Å². The molecule has 0 saturated heterocycles. The fourth-order valence-electron chi connectivity index (χ4n) is 6.62. The molecule has 19 heteroatoms. The highest BCUT2D eigenvalue weighted by atomic mass is 16.5. The lowest BCUT2D eigenvalue weighted by Gasteiger charge is -2.14. The molecule has 62 heavy (non-hydrogen) atoms. The van der Waals surface area contributed by atoms with Crippen LogP contribution in [0.2, 0.25) is 0 Å². The Morgan fingerprint density at radius 1 is 0.790 bits per heavy atom. The van der Waals surface area contributed by atoms with E-state index in [1.165, 1.54) is 7.11 Å². The van der Waals surface area contributed by atoms with Gasteiger partial charge in [0.1, 0.15) is 33.9 Å². The van der Waals surface area contributed by atoms with E-state index in [4.69, 9.17) is 25.9 Å². The number of rotatable bonds is 18. The minimum absolute atomic E-state index is 0.234. The number of hydrogen-bond donors (Lipinski definition) is 4. The van der Waals surface area contributed by atoms with Crippen molar-refractivity contribution in [2.75, 3.05) is 52.0 Å². The number of aromatic nitrogens is 8. The van der Waals surface area contributed by atoms with Gasteiger partial charge in [0, 0.05) is 50.9 Å². The number of ether oxygens (including phenoxy) is 2. The second-order valence-corrected chi connectivity index (χ2v) is 14.0. The molecule has 0 atom stereocenters. The summed E-state index contributed by atoms with van der Waals surface area (Å²) in [7, 11) is 7.23. The number of carbonyl (C=O) groups excluding carboxylic acids is 4. The van der Waals surface area contributed by atoms with Crippen LogP contribution in [0.5, 0.6) is 11.5 Å². The van der Waals surface area contributed by atoms with Gasteiger partial charge in [-0.1, -0.05) is 26.0 Å². The number of benzene rings is 2. The normalized spacial score (nSPS) is 11.0. The van der Waals surface area contributed by atoms with Crippen LogP contribution in [-0.4, -0.2) is 109 Å². The number of anilines is 2. The first-order valence-electron chi connectivity index (χ1n) is 20.4. The van der Waals surface area contributed by atoms with Crippen LogP contribution in [0.4, 0.5) is 11.9 Å². The van der Waals surface area contributed by atoms with Gasteiger partial charge in [-0.15, -0.1) is 0 Å². The topological polar surface area (TPSA) is 237 Å². The number of carbonyl (C=O) groups is 4. The van der Waals surface area contributed by atoms with Crippen molar-refractivity contribution in [3.63, 3.8) is 0 Å². The number of imidazole rings is 2. The fourth-order valence-corrected chi connectivity index (χ4v) is 6.62. The molecule has 0 aliphatic rings. The molecule has 0 fully saturated rings. The third-order valence-corrected chi connectivity index (χ3v) is 9.39. The number of fused-ring (bicyclic) bond motifs is 2. The summed E-state index contributed by atoms with van der Waals surface area (Å²) in [6.07, 6.45) is 5.42. The van der Waals surface area contributed by atoms with E-state index in [1.807, 2.05) is 76.9 Å². The lowest BCUT2D eigenvalue weighted by Crippen LogP contribution is -2.20. The van der Waals surface area contributed by atoms with Gasteiger partial charge in [-0.25, -0.2) is 9.97 Å². The van der Waals surface area contributed by atoms with Crippen molar-refractivity contribution >= 4 is 58.0 Å². The Kier molecular flexibility index (Phi) is 16.9. The van der Waals surface area contributed by atoms with E-state index in [1.54, 1.807) is 52.8 Å². The molecular weight excluding hydrogens is 795 g/mol. The molecule has 0 unspecified atom stereocenters. The lowest BCUT2D eigenvalue weighted by atomic mass is 10.1. The highest BCUT2D eigenvalue weighted by molar-refractivity contribution is 6.04. The van der Waals surface area contributed by atoms with E-state index in [0.29, 0.717) is 76.3 Å². The minimum atomic E-state index is -0.626. The number of amides is 3. The minimum Gasteiger partial charge on any atom is -0.494 e. The average Bonchev–Trinajstić information content (AvgIpc) is 4.03. The molecule has 0 aliphatic carbocycles. The molecular formula is C43H59N13O6. The number of methoxy groups -OCH3 is 1. The number of hydrogen-bond acceptors (Lipinski definition) is 12. The zero-order valence-corrected chi connectivity index (χ0v) is 37.3. The summed E-state index contributed by atoms with van der Waals surface area (Å²) in [5, 5.41) is 14.5. The van der Waals surface area contributed by atoms with Crippen molar-refractivity contribution in [2.45, 2.75) is 74.1 Å². The maximum atomic E-state index is 13.6. The van der Waals surface area contributed by atoms with E-state index < -0.39 is 11.8 Å². The molecule has 6 N–H and O–H groups in total. The number of aldehydes is 1. The van der Waals surface area contributed by atoms with Gasteiger partial charge in [0.2, 0.25) is 23.7 Å². The molecule has 332 valence electrons. The number of nitrogens with two attached hydrogens (primary N) is 2. The number of aryl methyl sites for hydroxylation is 4. The van der Waals surface area contributed by atoms with Gasteiger partial charge in [-0.3, -0.25) is 33.9 Å². The Balaban J connectivity index is 0.000000612. The molecule has 2 aromatic carbocycles. The van der Waals surface area contributed by atoms with E-state index in [-0.39, 0.29) is 29.5 Å². The van der Waals surface area contributed by atoms with Gasteiger partial charge in [0.15, 0.2) is 6.29 Å². The van der Waals surface area contributed by atoms with Crippen LogP contribution in [0.15, 0.2) is 48.6 Å². The van der Waals surface area contributed by atoms with Crippen LogP contribution in [0.3, 0.4) is 0 Å². The molecule has 0 bridgehead atoms. The van der Waals surface area contributed by atoms with E-state index >= 15 is 0 Å². The van der Waals surface area contributed by atoms with Crippen LogP contribution in [0.1, 0.15) is 87.2 Å². The van der Waals surface area contributed by atoms with Crippen molar-refractivity contribution in [2.24, 2.45) is 11.5 Å². The summed E-state index contributed by atoms with van der Waals surface area (Å²) in [6.45, 7) is 14.7. The van der Waals surface area contributed by atoms with Crippen molar-refractivity contribution in [3.05, 3.63) is 82.5 Å². The average molecular weight is 854 g/mol. The number of nitrogens with zero attached hydrogens (tertiary/aromatic N) is 9. The van der Waals surface area contributed by atoms with Crippen LogP contribution in [-0.2, 0) is 26.2 Å². The van der Waals surface area contributed by atoms with Crippen molar-refractivity contribution in [3.8, 4) is 11.5 Å². The van der Waals surface area contributed by atoms with Crippen LogP contribution in [0, 0.1) is 13.8 Å². The number of allylic oxidation sites excluding steroid dienone is 2. The second kappa shape index (κ2) is 22.0. The van der Waals surface area contributed by atoms with Gasteiger partial charge in [-0.2, -0.15) is 10.2 Å². The third kappa shape index (κ3) is 11.2. The summed E-state index contributed by atoms with van der Waals surface area (Å²) >= 11 is 0. The summed E-state index contributed by atoms with van der Waals surface area (Å²) in [5.74, 6) is 0.0770. The Morgan fingerprint density at radius 2 is 1.32 bits per heavy atom. The highest BCUT2D eigenvalue weighted by Gasteiger charge is 2.22. The monoisotopic (exact) mass is 853 g/mol. The van der Waals surface area contributed by atoms with Gasteiger partial charge in [0.25, 0.3) is 5.91 Å². The molecule has 19 nitrogen and oxygen atoms in total. The second-order valence-electron chi connectivity index (χ2n) is 14.0. The first-order valence-corrected chi connectivity index (χ1v) is 20.4. The Labute approximate surface area is 361 Å². The van der Waals surface area contributed by atoms with E-state index in [2.05, 4.69) is 30.7 Å². The van der Waals surface area contributed by atoms with Gasteiger partial charge < -0.3 is 40.3 Å². The SMILES string of the molecule is CC.CCn1nc(C)cc1C(=O)Nc1nc2cc(C(N)=O)cc(OCCCN(C)C)c2n1C/C=C/Cn1c(NC)nc2cc(C(N)=O)cc(OC)c21.CCn1nc(C)cc1C=O. The largest absolute Gasteiger partial charge is 0.494 e. The highest BCUT2D eigenvalue weighted by Crippen LogP contribution is 2.33. The summed E-state index contributed by atoms with van der Waals surface area (Å²) < 4.78 is 18.9. The summed E-state index contributed by atoms with van der Waals surface area (Å²) in [6, 6.07) is 9.89. The zero-order valence-electron chi connectivity index (χ0n) is 37.3. The van der Waals surface area contributed by atoms with Crippen LogP contribution in [0.25, 0.3) is 22.1 Å². The molecule has 0 saturated carbocycles. The fraction of sp³-hybridized carbons (Fsp3) is 0.395. The van der Waals surface area contributed by atoms with E-state index in [9.17, 15) is 19.2 Å². The number of nitrogens with one attached hydrogen (secondary N) is 2. The maximum absolute atomic E-state index is 13.6. The lowest BCUT2D eigenvalue weighted by molar-refractivity contribution is 0.0991. The standard InChI is InChI=1S/C34H43N11O5.C7H10N2O.C2H6/c1-7-45-25(15-20(2)41-45)32(48)40-34-39-24-17-22(31(36)47)19-27(50-14-10-11-42(4)5)29(24)44(34)13-9-8-12-43-28-23(38-33(43)37-3)16-21(30(35)46)18-26(28)49-6;1-3-9-7(5-10)4-6(2)8-9;1-2/h8-9,15-19H,7,10-14H2,1-6H3,(H2,35,46)(H2,36,47)(H,37,38)(H,39,40,48);4-5H,3H2,1-2H3;1-2H3/b9-8+;;. The quantitative estimate of drug-likeness (QED) is 0.0505. The first kappa shape index (κ1) is 47.7. The zero-order chi connectivity index (χ0) is 45.7. The summed E-state index contributed by atoms with van der Waals surface area (Å²) in [5.41, 5.74) is 16.6. The Morgan fingerprint density at radius 3 is 1.84 bits per heavy atom. The molecule has 6 aromatic rings. The van der Waals surface area contributed by atoms with Crippen LogP contribution >= 0.6 is 0 Å². The molecule has 4 heterocycles. The molecule has 6 rings (SSSR count). The van der Waals surface area contributed by atoms with Crippen molar-refractivity contribution in [1.82, 2.24) is 43.6 Å². The van der Waals surface area contributed by atoms with Gasteiger partial charge in [-0.05, 0) is 84.6 Å². The smallest absolute Gasteiger partial charge is 0.276 e. The molecule has 0 radical (unpaired) electrons. The molecule has 4 aromatic heterocycles. The van der Waals surface area contributed by atoms with E-state index in [0.717, 1.165) is 31.5 Å². The molecule has 3 amide bonds. The third-order valence-electron chi connectivity index (χ3n) is 9.39. The van der Waals surface area contributed by atoms with Gasteiger partial charge >= 0.3 is 0 Å². The Bertz CT molecular complexity index is 2540. The Hall–Kier alpha value is -7.02. The molecule has 0 aliphatic heterocycles. The molecule has 0 spiro atoms. The number of primary amides is 2.